The summed E-state index contributed by atoms with van der Waals surface area (Å²) in [6, 6.07) is 5.81. The van der Waals surface area contributed by atoms with Crippen molar-refractivity contribution in [2.24, 2.45) is 7.05 Å². The number of Topliss-reactive ketones (excluding diaryl/α,β-unsaturated/α-hetero) is 1. The standard InChI is InChI=1S/C13H13FN2O2/c1-8-6-13(15-16(8)3)18-10-4-5-12(14)11(7-10)9(2)17/h4-7H,1-3H3. The van der Waals surface area contributed by atoms with Crippen molar-refractivity contribution in [3.63, 3.8) is 0 Å². The van der Waals surface area contributed by atoms with Crippen LogP contribution >= 0.6 is 0 Å². The maximum absolute atomic E-state index is 13.3. The van der Waals surface area contributed by atoms with E-state index < -0.39 is 5.82 Å². The van der Waals surface area contributed by atoms with Crippen molar-refractivity contribution in [2.75, 3.05) is 0 Å². The van der Waals surface area contributed by atoms with E-state index in [4.69, 9.17) is 4.74 Å². The zero-order valence-corrected chi connectivity index (χ0v) is 10.4. The summed E-state index contributed by atoms with van der Waals surface area (Å²) in [7, 11) is 1.80. The van der Waals surface area contributed by atoms with E-state index in [1.165, 1.54) is 25.1 Å². The SMILES string of the molecule is CC(=O)c1cc(Oc2cc(C)n(C)n2)ccc1F. The molecule has 0 N–H and O–H groups in total. The first kappa shape index (κ1) is 12.3. The average Bonchev–Trinajstić information content (AvgIpc) is 2.60. The highest BCUT2D eigenvalue weighted by molar-refractivity contribution is 5.94. The normalized spacial score (nSPS) is 10.4. The summed E-state index contributed by atoms with van der Waals surface area (Å²) in [5, 5.41) is 4.12. The summed E-state index contributed by atoms with van der Waals surface area (Å²) >= 11 is 0. The van der Waals surface area contributed by atoms with Crippen LogP contribution in [0.25, 0.3) is 0 Å². The fourth-order valence-electron chi connectivity index (χ4n) is 1.54. The Labute approximate surface area is 104 Å². The van der Waals surface area contributed by atoms with Gasteiger partial charge in [0.25, 0.3) is 0 Å². The van der Waals surface area contributed by atoms with E-state index in [1.807, 2.05) is 6.92 Å². The molecule has 0 radical (unpaired) electrons. The number of carbonyl (C=O) groups excluding carboxylic acids is 1. The largest absolute Gasteiger partial charge is 0.438 e. The number of ether oxygens (including phenoxy) is 1. The number of halogens is 1. The quantitative estimate of drug-likeness (QED) is 0.784. The molecule has 0 bridgehead atoms. The molecular weight excluding hydrogens is 235 g/mol. The third-order valence-electron chi connectivity index (χ3n) is 2.63. The predicted octanol–water partition coefficient (Wildman–Crippen LogP) is 2.86. The van der Waals surface area contributed by atoms with Crippen LogP contribution in [-0.4, -0.2) is 15.6 Å². The molecule has 94 valence electrons. The Morgan fingerprint density at radius 3 is 2.67 bits per heavy atom. The van der Waals surface area contributed by atoms with Crippen LogP contribution in [0.3, 0.4) is 0 Å². The summed E-state index contributed by atoms with van der Waals surface area (Å²) in [5.41, 5.74) is 0.957. The number of rotatable bonds is 3. The van der Waals surface area contributed by atoms with Crippen molar-refractivity contribution in [1.82, 2.24) is 9.78 Å². The first-order valence-electron chi connectivity index (χ1n) is 5.46. The van der Waals surface area contributed by atoms with Gasteiger partial charge >= 0.3 is 0 Å². The van der Waals surface area contributed by atoms with Crippen molar-refractivity contribution >= 4 is 5.78 Å². The molecule has 0 spiro atoms. The lowest BCUT2D eigenvalue weighted by Gasteiger charge is -2.04. The van der Waals surface area contributed by atoms with Crippen LogP contribution in [0.2, 0.25) is 0 Å². The van der Waals surface area contributed by atoms with Gasteiger partial charge in [-0.05, 0) is 32.0 Å². The summed E-state index contributed by atoms with van der Waals surface area (Å²) < 4.78 is 20.5. The monoisotopic (exact) mass is 248 g/mol. The van der Waals surface area contributed by atoms with Crippen LogP contribution in [0, 0.1) is 12.7 Å². The Bertz CT molecular complexity index is 586. The molecule has 1 aromatic heterocycles. The lowest BCUT2D eigenvalue weighted by molar-refractivity contribution is 0.101. The van der Waals surface area contributed by atoms with Gasteiger partial charge in [0.15, 0.2) is 5.78 Å². The van der Waals surface area contributed by atoms with Gasteiger partial charge in [-0.3, -0.25) is 9.48 Å². The molecule has 0 saturated carbocycles. The number of benzene rings is 1. The number of ketones is 1. The summed E-state index contributed by atoms with van der Waals surface area (Å²) in [6.07, 6.45) is 0. The van der Waals surface area contributed by atoms with E-state index >= 15 is 0 Å². The smallest absolute Gasteiger partial charge is 0.238 e. The van der Waals surface area contributed by atoms with Crippen LogP contribution in [0.15, 0.2) is 24.3 Å². The van der Waals surface area contributed by atoms with Crippen LogP contribution in [0.4, 0.5) is 4.39 Å². The van der Waals surface area contributed by atoms with E-state index in [1.54, 1.807) is 17.8 Å². The van der Waals surface area contributed by atoms with Gasteiger partial charge in [-0.2, -0.15) is 0 Å². The minimum atomic E-state index is -0.549. The summed E-state index contributed by atoms with van der Waals surface area (Å²) in [6.45, 7) is 3.21. The van der Waals surface area contributed by atoms with Gasteiger partial charge < -0.3 is 4.74 Å². The van der Waals surface area contributed by atoms with Crippen LogP contribution in [0.1, 0.15) is 23.0 Å². The molecule has 0 aliphatic heterocycles. The number of aryl methyl sites for hydroxylation is 2. The second-order valence-electron chi connectivity index (χ2n) is 4.05. The van der Waals surface area contributed by atoms with Crippen LogP contribution < -0.4 is 4.74 Å². The molecule has 5 heteroatoms. The third-order valence-corrected chi connectivity index (χ3v) is 2.63. The Morgan fingerprint density at radius 2 is 2.11 bits per heavy atom. The van der Waals surface area contributed by atoms with Crippen molar-refractivity contribution in [1.29, 1.82) is 0 Å². The van der Waals surface area contributed by atoms with Gasteiger partial charge in [0.1, 0.15) is 11.6 Å². The topological polar surface area (TPSA) is 44.1 Å². The molecule has 0 aliphatic rings. The van der Waals surface area contributed by atoms with Crippen molar-refractivity contribution in [2.45, 2.75) is 13.8 Å². The van der Waals surface area contributed by atoms with Crippen LogP contribution in [0.5, 0.6) is 11.6 Å². The molecule has 0 aliphatic carbocycles. The maximum atomic E-state index is 13.3. The second kappa shape index (κ2) is 4.60. The highest BCUT2D eigenvalue weighted by Crippen LogP contribution is 2.23. The first-order valence-corrected chi connectivity index (χ1v) is 5.46. The van der Waals surface area contributed by atoms with E-state index in [-0.39, 0.29) is 11.3 Å². The first-order chi connectivity index (χ1) is 8.47. The Morgan fingerprint density at radius 1 is 1.39 bits per heavy atom. The van der Waals surface area contributed by atoms with E-state index in [0.29, 0.717) is 11.6 Å². The average molecular weight is 248 g/mol. The summed E-state index contributed by atoms with van der Waals surface area (Å²) in [4.78, 5) is 11.2. The molecule has 0 atom stereocenters. The zero-order valence-electron chi connectivity index (χ0n) is 10.4. The number of carbonyl (C=O) groups is 1. The molecule has 1 heterocycles. The zero-order chi connectivity index (χ0) is 13.3. The lowest BCUT2D eigenvalue weighted by atomic mass is 10.1. The molecule has 2 aromatic rings. The van der Waals surface area contributed by atoms with Crippen LogP contribution in [-0.2, 0) is 7.05 Å². The molecule has 1 aromatic carbocycles. The van der Waals surface area contributed by atoms with Gasteiger partial charge in [0, 0.05) is 18.8 Å². The highest BCUT2D eigenvalue weighted by atomic mass is 19.1. The van der Waals surface area contributed by atoms with Gasteiger partial charge in [-0.15, -0.1) is 5.10 Å². The van der Waals surface area contributed by atoms with Crippen molar-refractivity contribution in [3.05, 3.63) is 41.3 Å². The van der Waals surface area contributed by atoms with Crippen molar-refractivity contribution < 1.29 is 13.9 Å². The molecule has 18 heavy (non-hydrogen) atoms. The Balaban J connectivity index is 2.29. The van der Waals surface area contributed by atoms with Gasteiger partial charge in [-0.25, -0.2) is 4.39 Å². The molecule has 4 nitrogen and oxygen atoms in total. The minimum Gasteiger partial charge on any atom is -0.438 e. The summed E-state index contributed by atoms with van der Waals surface area (Å²) in [5.74, 6) is -0.0852. The maximum Gasteiger partial charge on any atom is 0.238 e. The minimum absolute atomic E-state index is 0.0140. The molecule has 0 saturated heterocycles. The highest BCUT2D eigenvalue weighted by Gasteiger charge is 2.10. The number of nitrogens with zero attached hydrogens (tertiary/aromatic N) is 2. The van der Waals surface area contributed by atoms with Crippen molar-refractivity contribution in [3.8, 4) is 11.6 Å². The van der Waals surface area contributed by atoms with Gasteiger partial charge in [-0.1, -0.05) is 0 Å². The Kier molecular flexibility index (Phi) is 3.14. The fraction of sp³-hybridized carbons (Fsp3) is 0.231. The lowest BCUT2D eigenvalue weighted by Crippen LogP contribution is -1.98. The molecule has 0 unspecified atom stereocenters. The second-order valence-corrected chi connectivity index (χ2v) is 4.05. The molecule has 0 fully saturated rings. The van der Waals surface area contributed by atoms with Gasteiger partial charge in [0.2, 0.25) is 5.88 Å². The third kappa shape index (κ3) is 2.40. The number of hydrogen-bond donors (Lipinski definition) is 0. The predicted molar refractivity (Wildman–Crippen MR) is 64.4 cm³/mol. The van der Waals surface area contributed by atoms with E-state index in [9.17, 15) is 9.18 Å². The molecule has 2 rings (SSSR count). The molecular formula is C13H13FN2O2. The van der Waals surface area contributed by atoms with E-state index in [2.05, 4.69) is 5.10 Å². The number of hydrogen-bond acceptors (Lipinski definition) is 3. The number of aromatic nitrogens is 2. The Hall–Kier alpha value is -2.17. The van der Waals surface area contributed by atoms with E-state index in [0.717, 1.165) is 5.69 Å². The van der Waals surface area contributed by atoms with Gasteiger partial charge in [0.05, 0.1) is 5.56 Å². The fourth-order valence-corrected chi connectivity index (χ4v) is 1.54. The molecule has 0 amide bonds.